The summed E-state index contributed by atoms with van der Waals surface area (Å²) in [5.41, 5.74) is 0. The van der Waals surface area contributed by atoms with Crippen LogP contribution in [0.4, 0.5) is 0 Å². The molecule has 1 amide bonds. The van der Waals surface area contributed by atoms with Gasteiger partial charge in [0.25, 0.3) is 10.1 Å². The van der Waals surface area contributed by atoms with Crippen LogP contribution in [0.25, 0.3) is 0 Å². The van der Waals surface area contributed by atoms with Crippen molar-refractivity contribution in [2.24, 2.45) is 0 Å². The largest absolute Gasteiger partial charge is 0.387 e. The zero-order valence-corrected chi connectivity index (χ0v) is 36.7. The maximum Gasteiger partial charge on any atom is 0.267 e. The molecule has 0 aliphatic rings. The fraction of sp³-hybridized carbons (Fsp3) is 0.894. The first-order valence-electron chi connectivity index (χ1n) is 23.5. The van der Waals surface area contributed by atoms with E-state index in [1.807, 2.05) is 6.08 Å². The van der Waals surface area contributed by atoms with E-state index >= 15 is 0 Å². The van der Waals surface area contributed by atoms with Gasteiger partial charge in [-0.3, -0.25) is 9.35 Å². The maximum absolute atomic E-state index is 12.6. The number of carbonyl (C=O) groups is 1. The van der Waals surface area contributed by atoms with Crippen LogP contribution in [0, 0.1) is 0 Å². The lowest BCUT2D eigenvalue weighted by Gasteiger charge is -2.21. The first-order chi connectivity index (χ1) is 26.3. The van der Waals surface area contributed by atoms with Crippen molar-refractivity contribution < 1.29 is 22.9 Å². The highest BCUT2D eigenvalue weighted by atomic mass is 32.2. The smallest absolute Gasteiger partial charge is 0.267 e. The third-order valence-corrected chi connectivity index (χ3v) is 11.7. The molecule has 0 spiro atoms. The Kier molecular flexibility index (Phi) is 40.5. The van der Waals surface area contributed by atoms with E-state index in [1.165, 1.54) is 193 Å². The normalized spacial score (nSPS) is 13.3. The van der Waals surface area contributed by atoms with Gasteiger partial charge in [0.2, 0.25) is 5.91 Å². The molecular formula is C47H91NO5S. The highest BCUT2D eigenvalue weighted by Gasteiger charge is 2.24. The number of unbranched alkanes of at least 4 members (excludes halogenated alkanes) is 33. The van der Waals surface area contributed by atoms with E-state index in [0.717, 1.165) is 38.5 Å². The Morgan fingerprint density at radius 3 is 1.11 bits per heavy atom. The lowest BCUT2D eigenvalue weighted by molar-refractivity contribution is -0.122. The average molecular weight is 782 g/mol. The quantitative estimate of drug-likeness (QED) is 0.0325. The molecule has 0 rings (SSSR count). The Hall–Kier alpha value is -1.18. The minimum absolute atomic E-state index is 0.277. The molecule has 2 atom stereocenters. The van der Waals surface area contributed by atoms with E-state index in [2.05, 4.69) is 31.3 Å². The van der Waals surface area contributed by atoms with E-state index < -0.39 is 28.0 Å². The summed E-state index contributed by atoms with van der Waals surface area (Å²) in [4.78, 5) is 12.6. The predicted octanol–water partition coefficient (Wildman–Crippen LogP) is 14.3. The summed E-state index contributed by atoms with van der Waals surface area (Å²) < 4.78 is 32.6. The molecule has 0 saturated heterocycles. The lowest BCUT2D eigenvalue weighted by Crippen LogP contribution is -2.46. The number of hydrogen-bond donors (Lipinski definition) is 3. The van der Waals surface area contributed by atoms with Gasteiger partial charge < -0.3 is 10.4 Å². The molecule has 0 aromatic heterocycles. The van der Waals surface area contributed by atoms with Crippen LogP contribution in [-0.4, -0.2) is 41.9 Å². The second-order valence-electron chi connectivity index (χ2n) is 16.4. The third kappa shape index (κ3) is 42.0. The highest BCUT2D eigenvalue weighted by Crippen LogP contribution is 2.16. The van der Waals surface area contributed by atoms with Gasteiger partial charge in [-0.25, -0.2) is 0 Å². The number of aliphatic hydroxyl groups is 1. The number of hydrogen-bond acceptors (Lipinski definition) is 4. The van der Waals surface area contributed by atoms with Crippen molar-refractivity contribution in [1.82, 2.24) is 5.32 Å². The second kappa shape index (κ2) is 41.5. The summed E-state index contributed by atoms with van der Waals surface area (Å²) in [6.45, 7) is 4.54. The molecule has 0 heterocycles. The number of carbonyl (C=O) groups excluding carboxylic acids is 1. The first-order valence-corrected chi connectivity index (χ1v) is 25.1. The second-order valence-corrected chi connectivity index (χ2v) is 17.9. The van der Waals surface area contributed by atoms with Crippen molar-refractivity contribution >= 4 is 16.0 Å². The van der Waals surface area contributed by atoms with Gasteiger partial charge in [0.15, 0.2) is 0 Å². The van der Waals surface area contributed by atoms with Gasteiger partial charge in [0.05, 0.1) is 17.9 Å². The summed E-state index contributed by atoms with van der Waals surface area (Å²) in [6.07, 6.45) is 53.1. The highest BCUT2D eigenvalue weighted by molar-refractivity contribution is 7.85. The van der Waals surface area contributed by atoms with Crippen molar-refractivity contribution in [3.63, 3.8) is 0 Å². The maximum atomic E-state index is 12.6. The minimum Gasteiger partial charge on any atom is -0.387 e. The molecule has 0 aromatic rings. The number of amides is 1. The van der Waals surface area contributed by atoms with Gasteiger partial charge in [-0.1, -0.05) is 224 Å². The minimum atomic E-state index is -4.34. The van der Waals surface area contributed by atoms with Crippen molar-refractivity contribution in [2.75, 3.05) is 5.75 Å². The molecule has 7 heteroatoms. The summed E-state index contributed by atoms with van der Waals surface area (Å²) in [6, 6.07) is -1.06. The van der Waals surface area contributed by atoms with Crippen molar-refractivity contribution in [2.45, 2.75) is 264 Å². The molecule has 0 saturated carbocycles. The van der Waals surface area contributed by atoms with Crippen molar-refractivity contribution in [3.05, 3.63) is 24.3 Å². The van der Waals surface area contributed by atoms with Gasteiger partial charge in [0.1, 0.15) is 0 Å². The fourth-order valence-electron chi connectivity index (χ4n) is 7.33. The lowest BCUT2D eigenvalue weighted by atomic mass is 10.0. The molecule has 0 aliphatic carbocycles. The van der Waals surface area contributed by atoms with Gasteiger partial charge in [-0.2, -0.15) is 8.42 Å². The zero-order chi connectivity index (χ0) is 39.6. The molecular weight excluding hydrogens is 691 g/mol. The van der Waals surface area contributed by atoms with Crippen molar-refractivity contribution in [3.8, 4) is 0 Å². The van der Waals surface area contributed by atoms with E-state index in [9.17, 15) is 22.9 Å². The van der Waals surface area contributed by atoms with E-state index in [0.29, 0.717) is 6.42 Å². The topological polar surface area (TPSA) is 104 Å². The summed E-state index contributed by atoms with van der Waals surface area (Å²) in [5, 5.41) is 13.3. The molecule has 2 unspecified atom stereocenters. The summed E-state index contributed by atoms with van der Waals surface area (Å²) >= 11 is 0. The molecule has 0 aliphatic heterocycles. The van der Waals surface area contributed by atoms with Gasteiger partial charge in [-0.05, 0) is 44.9 Å². The predicted molar refractivity (Wildman–Crippen MR) is 235 cm³/mol. The van der Waals surface area contributed by atoms with Crippen molar-refractivity contribution in [1.29, 1.82) is 0 Å². The van der Waals surface area contributed by atoms with Crippen LogP contribution in [-0.2, 0) is 14.9 Å². The van der Waals surface area contributed by atoms with E-state index in [-0.39, 0.29) is 5.91 Å². The van der Waals surface area contributed by atoms with E-state index in [4.69, 9.17) is 0 Å². The number of rotatable bonds is 43. The van der Waals surface area contributed by atoms with Gasteiger partial charge >= 0.3 is 0 Å². The third-order valence-electron chi connectivity index (χ3n) is 10.9. The number of aliphatic hydroxyl groups excluding tert-OH is 1. The van der Waals surface area contributed by atoms with Gasteiger partial charge in [-0.15, -0.1) is 0 Å². The Labute approximate surface area is 336 Å². The Balaban J connectivity index is 3.83. The molecule has 0 fully saturated rings. The Morgan fingerprint density at radius 1 is 0.481 bits per heavy atom. The standard InChI is InChI=1S/C47H91NO5S/c1-3-5-7-9-11-13-15-17-19-21-23-24-25-27-29-31-33-35-37-39-41-43-47(50)48-45(44-54(51,52)53)46(49)42-40-38-36-34-32-30-28-26-22-20-18-16-14-12-10-8-6-4-2/h21,23,40,42,45-46,49H,3-20,22,24-39,41,43-44H2,1-2H3,(H,48,50)(H,51,52,53)/b23-21-,42-40+. The van der Waals surface area contributed by atoms with Gasteiger partial charge in [0, 0.05) is 6.42 Å². The molecule has 6 nitrogen and oxygen atoms in total. The molecule has 0 radical (unpaired) electrons. The molecule has 3 N–H and O–H groups in total. The Morgan fingerprint density at radius 2 is 0.778 bits per heavy atom. The van der Waals surface area contributed by atoms with Crippen LogP contribution in [0.3, 0.4) is 0 Å². The van der Waals surface area contributed by atoms with Crippen LogP contribution >= 0.6 is 0 Å². The first kappa shape index (κ1) is 52.8. The summed E-state index contributed by atoms with van der Waals surface area (Å²) in [5.74, 6) is -0.973. The molecule has 54 heavy (non-hydrogen) atoms. The zero-order valence-electron chi connectivity index (χ0n) is 35.9. The van der Waals surface area contributed by atoms with Crippen LogP contribution in [0.15, 0.2) is 24.3 Å². The van der Waals surface area contributed by atoms with E-state index in [1.54, 1.807) is 6.08 Å². The number of allylic oxidation sites excluding steroid dienone is 3. The fourth-order valence-corrected chi connectivity index (χ4v) is 8.06. The van der Waals surface area contributed by atoms with Crippen LogP contribution in [0.5, 0.6) is 0 Å². The number of nitrogens with one attached hydrogen (secondary N) is 1. The molecule has 0 aromatic carbocycles. The monoisotopic (exact) mass is 782 g/mol. The van der Waals surface area contributed by atoms with Crippen LogP contribution in [0.1, 0.15) is 251 Å². The van der Waals surface area contributed by atoms with Crippen LogP contribution in [0.2, 0.25) is 0 Å². The SMILES string of the molecule is CCCCCCCCCC/C=C\CCCCCCCCCCCC(=O)NC(CS(=O)(=O)O)C(O)/C=C/CCCCCCCCCCCCCCCCCC. The summed E-state index contributed by atoms with van der Waals surface area (Å²) in [7, 11) is -4.34. The Bertz CT molecular complexity index is 950. The molecule has 0 bridgehead atoms. The average Bonchev–Trinajstić information content (AvgIpc) is 3.14. The van der Waals surface area contributed by atoms with Crippen LogP contribution < -0.4 is 5.32 Å². The molecule has 320 valence electrons.